The Morgan fingerprint density at radius 2 is 1.88 bits per heavy atom. The highest BCUT2D eigenvalue weighted by Crippen LogP contribution is 2.42. The number of hydrogen-bond donors (Lipinski definition) is 1. The zero-order valence-electron chi connectivity index (χ0n) is 19.1. The molecule has 1 saturated carbocycles. The topological polar surface area (TPSA) is 128 Å². The standard InChI is InChI=1S/C25H24N8O/c1-25(10-5-11-25)22-9-4-7-17(28-22)14-33-15-21(31-32-33)20-12-19(29-24(27)30-20)18-8-3-6-16(13-26)23(18)34-2/h3-4,6-9,12,15H,5,10-11,14H2,1-2H3,(H2,27,29,30). The van der Waals surface area contributed by atoms with Crippen LogP contribution in [0.2, 0.25) is 0 Å². The van der Waals surface area contributed by atoms with Gasteiger partial charge in [-0.1, -0.05) is 30.7 Å². The van der Waals surface area contributed by atoms with Gasteiger partial charge in [0.2, 0.25) is 5.95 Å². The number of hydrogen-bond acceptors (Lipinski definition) is 8. The molecular formula is C25H24N8O. The van der Waals surface area contributed by atoms with Crippen molar-refractivity contribution in [1.29, 1.82) is 5.26 Å². The van der Waals surface area contributed by atoms with E-state index in [1.165, 1.54) is 26.4 Å². The highest BCUT2D eigenvalue weighted by molar-refractivity contribution is 5.74. The zero-order valence-corrected chi connectivity index (χ0v) is 19.1. The molecule has 0 aliphatic heterocycles. The summed E-state index contributed by atoms with van der Waals surface area (Å²) < 4.78 is 7.20. The number of aromatic nitrogens is 6. The summed E-state index contributed by atoms with van der Waals surface area (Å²) in [5.74, 6) is 0.526. The quantitative estimate of drug-likeness (QED) is 0.468. The number of nitrogen functional groups attached to an aromatic ring is 1. The van der Waals surface area contributed by atoms with Crippen molar-refractivity contribution in [2.24, 2.45) is 0 Å². The lowest BCUT2D eigenvalue weighted by Gasteiger charge is -2.37. The summed E-state index contributed by atoms with van der Waals surface area (Å²) >= 11 is 0. The van der Waals surface area contributed by atoms with Gasteiger partial charge >= 0.3 is 0 Å². The van der Waals surface area contributed by atoms with Gasteiger partial charge in [-0.2, -0.15) is 5.26 Å². The van der Waals surface area contributed by atoms with Gasteiger partial charge in [-0.15, -0.1) is 5.10 Å². The van der Waals surface area contributed by atoms with E-state index in [0.717, 1.165) is 11.4 Å². The average Bonchev–Trinajstić information content (AvgIpc) is 3.30. The van der Waals surface area contributed by atoms with Gasteiger partial charge in [0, 0.05) is 16.7 Å². The molecule has 1 aliphatic carbocycles. The van der Waals surface area contributed by atoms with E-state index in [1.54, 1.807) is 22.9 Å². The van der Waals surface area contributed by atoms with Crippen LogP contribution in [-0.2, 0) is 12.0 Å². The molecule has 5 rings (SSSR count). The van der Waals surface area contributed by atoms with Crippen LogP contribution in [0.3, 0.4) is 0 Å². The van der Waals surface area contributed by atoms with Gasteiger partial charge in [-0.05, 0) is 43.2 Å². The maximum Gasteiger partial charge on any atom is 0.221 e. The van der Waals surface area contributed by atoms with Crippen LogP contribution in [0.15, 0.2) is 48.7 Å². The Morgan fingerprint density at radius 1 is 1.09 bits per heavy atom. The summed E-state index contributed by atoms with van der Waals surface area (Å²) in [4.78, 5) is 13.6. The van der Waals surface area contributed by atoms with Gasteiger partial charge in [-0.3, -0.25) is 4.98 Å². The molecule has 34 heavy (non-hydrogen) atoms. The number of ether oxygens (including phenoxy) is 1. The van der Waals surface area contributed by atoms with Crippen LogP contribution in [-0.4, -0.2) is 37.1 Å². The first kappa shape index (κ1) is 21.5. The van der Waals surface area contributed by atoms with E-state index in [4.69, 9.17) is 15.5 Å². The average molecular weight is 453 g/mol. The molecule has 170 valence electrons. The number of pyridine rings is 1. The van der Waals surface area contributed by atoms with Crippen molar-refractivity contribution in [1.82, 2.24) is 29.9 Å². The Morgan fingerprint density at radius 3 is 2.62 bits per heavy atom. The van der Waals surface area contributed by atoms with Crippen molar-refractivity contribution in [2.75, 3.05) is 12.8 Å². The minimum absolute atomic E-state index is 0.0922. The van der Waals surface area contributed by atoms with Crippen molar-refractivity contribution in [3.05, 3.63) is 65.6 Å². The maximum atomic E-state index is 9.40. The van der Waals surface area contributed by atoms with E-state index in [2.05, 4.69) is 45.4 Å². The minimum atomic E-state index is 0.0922. The molecule has 1 aliphatic rings. The maximum absolute atomic E-state index is 9.40. The largest absolute Gasteiger partial charge is 0.495 e. The summed E-state index contributed by atoms with van der Waals surface area (Å²) in [6, 6.07) is 15.3. The Labute approximate surface area is 197 Å². The van der Waals surface area contributed by atoms with E-state index >= 15 is 0 Å². The van der Waals surface area contributed by atoms with Crippen molar-refractivity contribution in [2.45, 2.75) is 38.1 Å². The van der Waals surface area contributed by atoms with Crippen LogP contribution in [0.1, 0.15) is 43.1 Å². The molecule has 0 radical (unpaired) electrons. The number of nitrogens with zero attached hydrogens (tertiary/aromatic N) is 7. The zero-order chi connectivity index (χ0) is 23.7. The van der Waals surface area contributed by atoms with E-state index in [0.29, 0.717) is 40.5 Å². The molecule has 9 nitrogen and oxygen atoms in total. The molecule has 1 fully saturated rings. The van der Waals surface area contributed by atoms with Gasteiger partial charge in [0.1, 0.15) is 17.5 Å². The van der Waals surface area contributed by atoms with Gasteiger partial charge in [-0.25, -0.2) is 14.6 Å². The number of anilines is 1. The normalized spacial score (nSPS) is 14.3. The second-order valence-electron chi connectivity index (χ2n) is 8.72. The number of para-hydroxylation sites is 1. The van der Waals surface area contributed by atoms with Gasteiger partial charge in [0.05, 0.1) is 42.5 Å². The predicted octanol–water partition coefficient (Wildman–Crippen LogP) is 3.75. The van der Waals surface area contributed by atoms with Crippen molar-refractivity contribution < 1.29 is 4.74 Å². The summed E-state index contributed by atoms with van der Waals surface area (Å²) in [5, 5.41) is 18.0. The molecule has 0 bridgehead atoms. The van der Waals surface area contributed by atoms with Crippen LogP contribution in [0.4, 0.5) is 5.95 Å². The van der Waals surface area contributed by atoms with Crippen molar-refractivity contribution >= 4 is 5.95 Å². The first-order valence-corrected chi connectivity index (χ1v) is 11.1. The SMILES string of the molecule is COc1c(C#N)cccc1-c1cc(-c2cn(Cc3cccc(C4(C)CCC4)n3)nn2)nc(N)n1. The smallest absolute Gasteiger partial charge is 0.221 e. The van der Waals surface area contributed by atoms with E-state index in [-0.39, 0.29) is 11.4 Å². The van der Waals surface area contributed by atoms with Crippen LogP contribution >= 0.6 is 0 Å². The third kappa shape index (κ3) is 3.94. The predicted molar refractivity (Wildman–Crippen MR) is 127 cm³/mol. The Balaban J connectivity index is 1.44. The fourth-order valence-electron chi connectivity index (χ4n) is 4.31. The molecule has 0 atom stereocenters. The number of nitrogens with two attached hydrogens (primary N) is 1. The van der Waals surface area contributed by atoms with E-state index in [9.17, 15) is 5.26 Å². The molecule has 1 aromatic carbocycles. The van der Waals surface area contributed by atoms with Gasteiger partial charge in [0.25, 0.3) is 0 Å². The highest BCUT2D eigenvalue weighted by atomic mass is 16.5. The third-order valence-electron chi connectivity index (χ3n) is 6.37. The van der Waals surface area contributed by atoms with Crippen LogP contribution in [0.25, 0.3) is 22.6 Å². The molecular weight excluding hydrogens is 428 g/mol. The molecule has 4 aromatic rings. The summed E-state index contributed by atoms with van der Waals surface area (Å²) in [6.45, 7) is 2.77. The highest BCUT2D eigenvalue weighted by Gasteiger charge is 2.34. The Bertz CT molecular complexity index is 1400. The lowest BCUT2D eigenvalue weighted by molar-refractivity contribution is 0.264. The van der Waals surface area contributed by atoms with Crippen molar-refractivity contribution in [3.63, 3.8) is 0 Å². The third-order valence-corrected chi connectivity index (χ3v) is 6.37. The lowest BCUT2D eigenvalue weighted by Crippen LogP contribution is -2.31. The number of benzene rings is 1. The fourth-order valence-corrected chi connectivity index (χ4v) is 4.31. The molecule has 0 saturated heterocycles. The van der Waals surface area contributed by atoms with Crippen LogP contribution < -0.4 is 10.5 Å². The molecule has 0 spiro atoms. The molecule has 3 aromatic heterocycles. The molecule has 2 N–H and O–H groups in total. The fraction of sp³-hybridized carbons (Fsp3) is 0.280. The van der Waals surface area contributed by atoms with Crippen molar-refractivity contribution in [3.8, 4) is 34.5 Å². The number of rotatable bonds is 6. The molecule has 0 unspecified atom stereocenters. The van der Waals surface area contributed by atoms with Crippen LogP contribution in [0, 0.1) is 11.3 Å². The van der Waals surface area contributed by atoms with Crippen LogP contribution in [0.5, 0.6) is 5.75 Å². The summed E-state index contributed by atoms with van der Waals surface area (Å²) in [5.41, 5.74) is 11.0. The molecule has 3 heterocycles. The molecule has 0 amide bonds. The second kappa shape index (κ2) is 8.56. The first-order chi connectivity index (χ1) is 16.5. The monoisotopic (exact) mass is 452 g/mol. The Hall–Kier alpha value is -4.32. The summed E-state index contributed by atoms with van der Waals surface area (Å²) in [7, 11) is 1.52. The second-order valence-corrected chi connectivity index (χ2v) is 8.72. The van der Waals surface area contributed by atoms with Gasteiger partial charge in [0.15, 0.2) is 0 Å². The number of methoxy groups -OCH3 is 1. The number of nitriles is 1. The van der Waals surface area contributed by atoms with Gasteiger partial charge < -0.3 is 10.5 Å². The summed E-state index contributed by atoms with van der Waals surface area (Å²) in [6.07, 6.45) is 5.42. The Kier molecular flexibility index (Phi) is 5.42. The molecule has 9 heteroatoms. The minimum Gasteiger partial charge on any atom is -0.495 e. The first-order valence-electron chi connectivity index (χ1n) is 11.1. The van der Waals surface area contributed by atoms with E-state index < -0.39 is 0 Å². The van der Waals surface area contributed by atoms with E-state index in [1.807, 2.05) is 18.3 Å². The lowest BCUT2D eigenvalue weighted by atomic mass is 9.68.